The van der Waals surface area contributed by atoms with Gasteiger partial charge in [-0.2, -0.15) is 10.4 Å². The highest BCUT2D eigenvalue weighted by Gasteiger charge is 2.16. The van der Waals surface area contributed by atoms with E-state index in [9.17, 15) is 5.26 Å². The Morgan fingerprint density at radius 2 is 1.52 bits per heavy atom. The van der Waals surface area contributed by atoms with Crippen LogP contribution in [-0.4, -0.2) is 47.2 Å². The van der Waals surface area contributed by atoms with Gasteiger partial charge in [-0.1, -0.05) is 36.4 Å². The van der Waals surface area contributed by atoms with Gasteiger partial charge in [0.25, 0.3) is 0 Å². The van der Waals surface area contributed by atoms with Crippen molar-refractivity contribution in [3.8, 4) is 11.8 Å². The quantitative estimate of drug-likeness (QED) is 0.532. The minimum Gasteiger partial charge on any atom is -0.368 e. The van der Waals surface area contributed by atoms with Crippen LogP contribution in [-0.2, 0) is 0 Å². The van der Waals surface area contributed by atoms with Crippen LogP contribution in [0.2, 0.25) is 0 Å². The summed E-state index contributed by atoms with van der Waals surface area (Å²) in [5.74, 6) is 0.564. The van der Waals surface area contributed by atoms with Gasteiger partial charge in [0.1, 0.15) is 11.6 Å². The molecule has 134 valence electrons. The van der Waals surface area contributed by atoms with Gasteiger partial charge < -0.3 is 9.80 Å². The topological polar surface area (TPSA) is 60.5 Å². The fourth-order valence-corrected chi connectivity index (χ4v) is 3.17. The van der Waals surface area contributed by atoms with E-state index in [1.807, 2.05) is 42.7 Å². The summed E-state index contributed by atoms with van der Waals surface area (Å²) in [7, 11) is 0. The lowest BCUT2D eigenvalue weighted by atomic mass is 10.2. The second kappa shape index (κ2) is 7.75. The maximum Gasteiger partial charge on any atom is 0.175 e. The zero-order valence-corrected chi connectivity index (χ0v) is 14.9. The lowest BCUT2D eigenvalue weighted by molar-refractivity contribution is 0.396. The first-order chi connectivity index (χ1) is 13.3. The van der Waals surface area contributed by atoms with Gasteiger partial charge in [-0.15, -0.1) is 0 Å². The van der Waals surface area contributed by atoms with Crippen LogP contribution in [0.15, 0.2) is 71.9 Å². The molecule has 1 aromatic heterocycles. The highest BCUT2D eigenvalue weighted by atomic mass is 15.3. The number of hydrogen-bond acceptors (Lipinski definition) is 4. The first kappa shape index (κ1) is 16.9. The van der Waals surface area contributed by atoms with Crippen molar-refractivity contribution in [2.45, 2.75) is 0 Å². The van der Waals surface area contributed by atoms with Gasteiger partial charge in [-0.25, -0.2) is 9.67 Å². The van der Waals surface area contributed by atoms with Crippen molar-refractivity contribution in [2.24, 2.45) is 4.99 Å². The number of aromatic nitrogens is 2. The largest absolute Gasteiger partial charge is 0.368 e. The summed E-state index contributed by atoms with van der Waals surface area (Å²) in [5, 5.41) is 13.7. The molecule has 1 fully saturated rings. The number of anilines is 1. The highest BCUT2D eigenvalue weighted by Crippen LogP contribution is 2.22. The van der Waals surface area contributed by atoms with Crippen LogP contribution in [0.1, 0.15) is 5.56 Å². The Balaban J connectivity index is 1.48. The first-order valence-corrected chi connectivity index (χ1v) is 8.97. The first-order valence-electron chi connectivity index (χ1n) is 8.97. The predicted molar refractivity (Wildman–Crippen MR) is 107 cm³/mol. The molecule has 0 amide bonds. The van der Waals surface area contributed by atoms with Crippen molar-refractivity contribution in [2.75, 3.05) is 31.1 Å². The molecule has 1 aliphatic rings. The molecule has 0 N–H and O–H groups in total. The molecule has 2 aromatic carbocycles. The molecule has 1 saturated heterocycles. The van der Waals surface area contributed by atoms with Gasteiger partial charge >= 0.3 is 0 Å². The summed E-state index contributed by atoms with van der Waals surface area (Å²) in [6.45, 7) is 3.66. The second-order valence-electron chi connectivity index (χ2n) is 6.34. The second-order valence-corrected chi connectivity index (χ2v) is 6.34. The monoisotopic (exact) mass is 356 g/mol. The molecule has 0 unspecified atom stereocenters. The van der Waals surface area contributed by atoms with Crippen LogP contribution >= 0.6 is 0 Å². The molecule has 0 bridgehead atoms. The molecule has 6 nitrogen and oxygen atoms in total. The van der Waals surface area contributed by atoms with E-state index in [1.54, 1.807) is 10.9 Å². The zero-order chi connectivity index (χ0) is 18.5. The molecular weight excluding hydrogens is 336 g/mol. The summed E-state index contributed by atoms with van der Waals surface area (Å²) < 4.78 is 1.70. The smallest absolute Gasteiger partial charge is 0.175 e. The van der Waals surface area contributed by atoms with Gasteiger partial charge in [0, 0.05) is 31.9 Å². The van der Waals surface area contributed by atoms with E-state index in [0.29, 0.717) is 11.4 Å². The molecule has 6 heteroatoms. The molecular formula is C21H20N6. The van der Waals surface area contributed by atoms with Crippen molar-refractivity contribution in [3.05, 3.63) is 72.4 Å². The minimum absolute atomic E-state index is 0.470. The van der Waals surface area contributed by atoms with Crippen LogP contribution in [0.3, 0.4) is 0 Å². The molecule has 2 heterocycles. The number of nitrogens with zero attached hydrogens (tertiary/aromatic N) is 6. The van der Waals surface area contributed by atoms with Gasteiger partial charge in [0.2, 0.25) is 0 Å². The van der Waals surface area contributed by atoms with Gasteiger partial charge in [0.15, 0.2) is 5.82 Å². The van der Waals surface area contributed by atoms with E-state index < -0.39 is 0 Å². The Labute approximate surface area is 158 Å². The Morgan fingerprint density at radius 3 is 2.15 bits per heavy atom. The van der Waals surface area contributed by atoms with E-state index in [4.69, 9.17) is 0 Å². The lowest BCUT2D eigenvalue weighted by Crippen LogP contribution is -2.45. The third-order valence-electron chi connectivity index (χ3n) is 4.64. The highest BCUT2D eigenvalue weighted by molar-refractivity contribution is 5.65. The molecule has 0 radical (unpaired) electrons. The average Bonchev–Trinajstić information content (AvgIpc) is 3.17. The maximum absolute atomic E-state index is 9.38. The van der Waals surface area contributed by atoms with Crippen LogP contribution in [0.25, 0.3) is 5.69 Å². The van der Waals surface area contributed by atoms with E-state index in [1.165, 1.54) is 5.69 Å². The van der Waals surface area contributed by atoms with Crippen molar-refractivity contribution in [1.82, 2.24) is 14.7 Å². The number of benzene rings is 2. The Bertz CT molecular complexity index is 947. The van der Waals surface area contributed by atoms with Crippen LogP contribution in [0, 0.1) is 11.3 Å². The lowest BCUT2D eigenvalue weighted by Gasteiger charge is -2.35. The average molecular weight is 356 g/mol. The molecule has 0 atom stereocenters. The predicted octanol–water partition coefficient (Wildman–Crippen LogP) is 3.23. The van der Waals surface area contributed by atoms with Gasteiger partial charge in [-0.05, 0) is 24.3 Å². The van der Waals surface area contributed by atoms with Gasteiger partial charge in [-0.3, -0.25) is 0 Å². The van der Waals surface area contributed by atoms with E-state index in [-0.39, 0.29) is 0 Å². The van der Waals surface area contributed by atoms with E-state index >= 15 is 0 Å². The minimum atomic E-state index is 0.470. The molecule has 3 aromatic rings. The summed E-state index contributed by atoms with van der Waals surface area (Å²) in [6.07, 6.45) is 3.40. The Kier molecular flexibility index (Phi) is 4.84. The van der Waals surface area contributed by atoms with Crippen LogP contribution in [0.4, 0.5) is 11.5 Å². The maximum atomic E-state index is 9.38. The van der Waals surface area contributed by atoms with Crippen molar-refractivity contribution >= 4 is 17.8 Å². The molecule has 0 spiro atoms. The zero-order valence-electron chi connectivity index (χ0n) is 14.9. The van der Waals surface area contributed by atoms with Crippen molar-refractivity contribution < 1.29 is 0 Å². The number of nitriles is 1. The Hall–Kier alpha value is -3.59. The summed E-state index contributed by atoms with van der Waals surface area (Å²) in [4.78, 5) is 9.15. The number of hydrogen-bond donors (Lipinski definition) is 0. The van der Waals surface area contributed by atoms with E-state index in [2.05, 4.69) is 50.2 Å². The fourth-order valence-electron chi connectivity index (χ4n) is 3.17. The van der Waals surface area contributed by atoms with E-state index in [0.717, 1.165) is 31.9 Å². The van der Waals surface area contributed by atoms with Crippen LogP contribution < -0.4 is 4.90 Å². The van der Waals surface area contributed by atoms with Crippen LogP contribution in [0.5, 0.6) is 0 Å². The number of aliphatic imine (C=N–C) groups is 1. The molecule has 4 rings (SSSR count). The molecule has 0 aliphatic carbocycles. The summed E-state index contributed by atoms with van der Waals surface area (Å²) >= 11 is 0. The summed E-state index contributed by atoms with van der Waals surface area (Å²) in [6, 6.07) is 22.4. The van der Waals surface area contributed by atoms with Gasteiger partial charge in [0.05, 0.1) is 18.2 Å². The third kappa shape index (κ3) is 3.67. The molecule has 1 aliphatic heterocycles. The number of piperazine rings is 1. The SMILES string of the molecule is N#Cc1cnn(-c2ccccc2)c1/N=C/N1CCN(c2ccccc2)CC1. The van der Waals surface area contributed by atoms with Crippen molar-refractivity contribution in [1.29, 1.82) is 5.26 Å². The number of rotatable bonds is 4. The normalized spacial score (nSPS) is 14.5. The third-order valence-corrected chi connectivity index (χ3v) is 4.64. The Morgan fingerprint density at radius 1 is 0.889 bits per heavy atom. The molecule has 0 saturated carbocycles. The fraction of sp³-hybridized carbons (Fsp3) is 0.190. The number of para-hydroxylation sites is 2. The molecule has 27 heavy (non-hydrogen) atoms. The summed E-state index contributed by atoms with van der Waals surface area (Å²) in [5.41, 5.74) is 2.61. The standard InChI is InChI=1S/C21H20N6/c22-15-18-16-24-27(20-9-5-2-6-10-20)21(18)23-17-25-11-13-26(14-12-25)19-7-3-1-4-8-19/h1-10,16-17H,11-14H2/b23-17+. The van der Waals surface area contributed by atoms with Crippen molar-refractivity contribution in [3.63, 3.8) is 0 Å².